The molecule has 0 radical (unpaired) electrons. The maximum atomic E-state index is 12.8. The van der Waals surface area contributed by atoms with Crippen LogP contribution >= 0.6 is 0 Å². The Morgan fingerprint density at radius 2 is 1.75 bits per heavy atom. The van der Waals surface area contributed by atoms with E-state index in [0.717, 1.165) is 25.7 Å². The summed E-state index contributed by atoms with van der Waals surface area (Å²) < 4.78 is 32.0. The number of hydrogen-bond donors (Lipinski definition) is 2. The lowest BCUT2D eigenvalue weighted by Crippen LogP contribution is -2.37. The van der Waals surface area contributed by atoms with Gasteiger partial charge in [0.15, 0.2) is 6.61 Å². The molecular weight excluding hydrogens is 386 g/mol. The topological polar surface area (TPSA) is 122 Å². The van der Waals surface area contributed by atoms with Crippen LogP contribution in [-0.4, -0.2) is 63.8 Å². The van der Waals surface area contributed by atoms with Gasteiger partial charge < -0.3 is 15.4 Å². The van der Waals surface area contributed by atoms with E-state index in [1.165, 1.54) is 35.6 Å². The van der Waals surface area contributed by atoms with Gasteiger partial charge >= 0.3 is 5.97 Å². The van der Waals surface area contributed by atoms with Crippen LogP contribution in [0.5, 0.6) is 0 Å². The monoisotopic (exact) mass is 411 g/mol. The van der Waals surface area contributed by atoms with Crippen LogP contribution in [-0.2, 0) is 24.3 Å². The van der Waals surface area contributed by atoms with Crippen LogP contribution in [0.3, 0.4) is 0 Å². The second-order valence-electron chi connectivity index (χ2n) is 6.37. The molecule has 0 bridgehead atoms. The molecule has 0 aliphatic carbocycles. The Hall–Kier alpha value is -2.46. The molecule has 0 unspecified atom stereocenters. The van der Waals surface area contributed by atoms with Crippen LogP contribution < -0.4 is 10.6 Å². The van der Waals surface area contributed by atoms with Crippen LogP contribution in [0.2, 0.25) is 0 Å². The molecular formula is C18H25N3O6S. The van der Waals surface area contributed by atoms with Crippen molar-refractivity contribution in [2.75, 3.05) is 33.3 Å². The smallest absolute Gasteiger partial charge is 0.338 e. The summed E-state index contributed by atoms with van der Waals surface area (Å²) in [5, 5.41) is 4.63. The molecule has 2 rings (SSSR count). The van der Waals surface area contributed by atoms with Gasteiger partial charge in [0.1, 0.15) is 0 Å². The van der Waals surface area contributed by atoms with Crippen molar-refractivity contribution in [3.05, 3.63) is 29.8 Å². The molecule has 1 fully saturated rings. The number of rotatable bonds is 7. The summed E-state index contributed by atoms with van der Waals surface area (Å²) in [4.78, 5) is 34.8. The maximum Gasteiger partial charge on any atom is 0.338 e. The van der Waals surface area contributed by atoms with Crippen molar-refractivity contribution in [2.45, 2.75) is 30.6 Å². The number of likely N-dealkylation sites (N-methyl/N-ethyl adjacent to an activating group) is 1. The SMILES string of the molecule is CNC(=O)CNC(=O)COC(=O)c1cccc(S(=O)(=O)N2CCCCCC2)c1. The molecule has 2 amide bonds. The number of hydrogen-bond acceptors (Lipinski definition) is 6. The minimum absolute atomic E-state index is 0.0212. The third kappa shape index (κ3) is 6.03. The predicted molar refractivity (Wildman–Crippen MR) is 101 cm³/mol. The van der Waals surface area contributed by atoms with Crippen molar-refractivity contribution >= 4 is 27.8 Å². The van der Waals surface area contributed by atoms with Gasteiger partial charge in [-0.2, -0.15) is 4.31 Å². The number of carbonyl (C=O) groups is 3. The zero-order chi connectivity index (χ0) is 20.6. The molecule has 1 saturated heterocycles. The molecule has 154 valence electrons. The minimum Gasteiger partial charge on any atom is -0.452 e. The fraction of sp³-hybridized carbons (Fsp3) is 0.500. The summed E-state index contributed by atoms with van der Waals surface area (Å²) in [7, 11) is -2.26. The highest BCUT2D eigenvalue weighted by Crippen LogP contribution is 2.21. The Kier molecular flexibility index (Phi) is 7.94. The summed E-state index contributed by atoms with van der Waals surface area (Å²) in [5.41, 5.74) is 0.0370. The van der Waals surface area contributed by atoms with E-state index in [1.807, 2.05) is 0 Å². The molecule has 1 aromatic carbocycles. The normalized spacial score (nSPS) is 15.3. The van der Waals surface area contributed by atoms with Gasteiger partial charge in [-0.1, -0.05) is 18.9 Å². The number of nitrogens with one attached hydrogen (secondary N) is 2. The number of esters is 1. The fourth-order valence-corrected chi connectivity index (χ4v) is 4.31. The Bertz CT molecular complexity index is 816. The maximum absolute atomic E-state index is 12.8. The van der Waals surface area contributed by atoms with E-state index in [2.05, 4.69) is 10.6 Å². The van der Waals surface area contributed by atoms with E-state index in [0.29, 0.717) is 13.1 Å². The Balaban J connectivity index is 2.00. The van der Waals surface area contributed by atoms with Crippen molar-refractivity contribution < 1.29 is 27.5 Å². The first-order valence-electron chi connectivity index (χ1n) is 9.09. The van der Waals surface area contributed by atoms with Crippen molar-refractivity contribution in [1.29, 1.82) is 0 Å². The zero-order valence-electron chi connectivity index (χ0n) is 15.8. The van der Waals surface area contributed by atoms with Crippen molar-refractivity contribution in [3.8, 4) is 0 Å². The Morgan fingerprint density at radius 3 is 2.39 bits per heavy atom. The number of nitrogens with zero attached hydrogens (tertiary/aromatic N) is 1. The lowest BCUT2D eigenvalue weighted by Gasteiger charge is -2.20. The molecule has 9 nitrogen and oxygen atoms in total. The van der Waals surface area contributed by atoms with Gasteiger partial charge in [-0.05, 0) is 31.0 Å². The first-order chi connectivity index (χ1) is 13.3. The summed E-state index contributed by atoms with van der Waals surface area (Å²) in [5.74, 6) is -1.83. The molecule has 0 atom stereocenters. The van der Waals surface area contributed by atoms with Gasteiger partial charge in [-0.15, -0.1) is 0 Å². The summed E-state index contributed by atoms with van der Waals surface area (Å²) in [6.45, 7) is 0.125. The average molecular weight is 411 g/mol. The van der Waals surface area contributed by atoms with Crippen molar-refractivity contribution in [1.82, 2.24) is 14.9 Å². The number of carbonyl (C=O) groups excluding carboxylic acids is 3. The number of amides is 2. The highest BCUT2D eigenvalue weighted by atomic mass is 32.2. The molecule has 1 aromatic rings. The largest absolute Gasteiger partial charge is 0.452 e. The summed E-state index contributed by atoms with van der Waals surface area (Å²) in [6, 6.07) is 5.58. The third-order valence-corrected chi connectivity index (χ3v) is 6.23. The van der Waals surface area contributed by atoms with E-state index in [9.17, 15) is 22.8 Å². The molecule has 1 aliphatic rings. The Morgan fingerprint density at radius 1 is 1.07 bits per heavy atom. The van der Waals surface area contributed by atoms with Crippen LogP contribution in [0.15, 0.2) is 29.2 Å². The Labute approximate surface area is 164 Å². The van der Waals surface area contributed by atoms with Gasteiger partial charge in [-0.3, -0.25) is 9.59 Å². The molecule has 28 heavy (non-hydrogen) atoms. The zero-order valence-corrected chi connectivity index (χ0v) is 16.6. The molecule has 1 aliphatic heterocycles. The summed E-state index contributed by atoms with van der Waals surface area (Å²) in [6.07, 6.45) is 3.62. The highest BCUT2D eigenvalue weighted by molar-refractivity contribution is 7.89. The molecule has 2 N–H and O–H groups in total. The van der Waals surface area contributed by atoms with Gasteiger partial charge in [0.25, 0.3) is 5.91 Å². The van der Waals surface area contributed by atoms with E-state index in [4.69, 9.17) is 4.74 Å². The van der Waals surface area contributed by atoms with E-state index in [-0.39, 0.29) is 22.9 Å². The molecule has 10 heteroatoms. The lowest BCUT2D eigenvalue weighted by molar-refractivity contribution is -0.127. The fourth-order valence-electron chi connectivity index (χ4n) is 2.75. The molecule has 0 saturated carbocycles. The second kappa shape index (κ2) is 10.2. The van der Waals surface area contributed by atoms with Gasteiger partial charge in [0.2, 0.25) is 15.9 Å². The van der Waals surface area contributed by atoms with E-state index < -0.39 is 28.5 Å². The number of benzene rings is 1. The van der Waals surface area contributed by atoms with Gasteiger partial charge in [-0.25, -0.2) is 13.2 Å². The molecule has 0 aromatic heterocycles. The molecule has 1 heterocycles. The quantitative estimate of drug-likeness (QED) is 0.621. The first-order valence-corrected chi connectivity index (χ1v) is 10.5. The van der Waals surface area contributed by atoms with E-state index >= 15 is 0 Å². The molecule has 0 spiro atoms. The van der Waals surface area contributed by atoms with Crippen LogP contribution in [0, 0.1) is 0 Å². The van der Waals surface area contributed by atoms with Gasteiger partial charge in [0.05, 0.1) is 17.0 Å². The first kappa shape index (κ1) is 21.8. The third-order valence-electron chi connectivity index (χ3n) is 4.33. The van der Waals surface area contributed by atoms with Crippen LogP contribution in [0.25, 0.3) is 0 Å². The number of ether oxygens (including phenoxy) is 1. The predicted octanol–water partition coefficient (Wildman–Crippen LogP) is 0.270. The summed E-state index contributed by atoms with van der Waals surface area (Å²) >= 11 is 0. The average Bonchev–Trinajstić information content (AvgIpc) is 3.00. The second-order valence-corrected chi connectivity index (χ2v) is 8.31. The van der Waals surface area contributed by atoms with E-state index in [1.54, 1.807) is 0 Å². The highest BCUT2D eigenvalue weighted by Gasteiger charge is 2.26. The lowest BCUT2D eigenvalue weighted by atomic mass is 10.2. The van der Waals surface area contributed by atoms with Crippen molar-refractivity contribution in [2.24, 2.45) is 0 Å². The van der Waals surface area contributed by atoms with Crippen LogP contribution in [0.4, 0.5) is 0 Å². The number of sulfonamides is 1. The van der Waals surface area contributed by atoms with Crippen molar-refractivity contribution in [3.63, 3.8) is 0 Å². The van der Waals surface area contributed by atoms with Gasteiger partial charge in [0, 0.05) is 20.1 Å². The minimum atomic E-state index is -3.69. The standard InChI is InChI=1S/C18H25N3O6S/c1-19-16(22)12-20-17(23)13-27-18(24)14-7-6-8-15(11-14)28(25,26)21-9-4-2-3-5-10-21/h6-8,11H,2-5,9-10,12-13H2,1H3,(H,19,22)(H,20,23). The van der Waals surface area contributed by atoms with Crippen LogP contribution in [0.1, 0.15) is 36.0 Å².